The van der Waals surface area contributed by atoms with Crippen molar-refractivity contribution in [2.75, 3.05) is 6.61 Å². The monoisotopic (exact) mass is 290 g/mol. The summed E-state index contributed by atoms with van der Waals surface area (Å²) in [5.41, 5.74) is 1.66. The maximum atomic E-state index is 12.0. The van der Waals surface area contributed by atoms with E-state index < -0.39 is 23.6 Å². The summed E-state index contributed by atoms with van der Waals surface area (Å²) in [6.07, 6.45) is 3.55. The smallest absolute Gasteiger partial charge is 0.323 e. The third kappa shape index (κ3) is 3.70. The summed E-state index contributed by atoms with van der Waals surface area (Å²) in [5.74, 6) is -3.31. The molecular weight excluding hydrogens is 272 g/mol. The van der Waals surface area contributed by atoms with Crippen LogP contribution in [0.2, 0.25) is 0 Å². The molecule has 1 heterocycles. The van der Waals surface area contributed by atoms with Gasteiger partial charge in [-0.05, 0) is 17.5 Å². The number of carbonyl (C=O) groups is 2. The molecule has 0 amide bonds. The van der Waals surface area contributed by atoms with Crippen molar-refractivity contribution in [3.63, 3.8) is 0 Å². The lowest BCUT2D eigenvalue weighted by atomic mass is 9.94. The van der Waals surface area contributed by atoms with Gasteiger partial charge in [0.1, 0.15) is 0 Å². The first-order chi connectivity index (χ1) is 9.93. The number of aliphatic hydroxyl groups excluding tert-OH is 1. The predicted octanol–water partition coefficient (Wildman–Crippen LogP) is 1.69. The minimum absolute atomic E-state index is 0.0734. The predicted molar refractivity (Wildman–Crippen MR) is 76.0 cm³/mol. The van der Waals surface area contributed by atoms with Crippen molar-refractivity contribution >= 4 is 18.0 Å². The van der Waals surface area contributed by atoms with Crippen LogP contribution in [-0.2, 0) is 25.5 Å². The van der Waals surface area contributed by atoms with Crippen molar-refractivity contribution in [1.29, 1.82) is 0 Å². The summed E-state index contributed by atoms with van der Waals surface area (Å²) in [4.78, 5) is 23.9. The van der Waals surface area contributed by atoms with E-state index in [-0.39, 0.29) is 13.0 Å². The number of aliphatic hydroxyl groups is 1. The van der Waals surface area contributed by atoms with Crippen LogP contribution in [0, 0.1) is 5.92 Å². The first-order valence-corrected chi connectivity index (χ1v) is 6.74. The Hall–Kier alpha value is -2.14. The van der Waals surface area contributed by atoms with E-state index in [1.54, 1.807) is 12.2 Å². The molecule has 21 heavy (non-hydrogen) atoms. The fourth-order valence-electron chi connectivity index (χ4n) is 2.19. The second-order valence-corrected chi connectivity index (χ2v) is 5.28. The van der Waals surface area contributed by atoms with Crippen molar-refractivity contribution in [2.45, 2.75) is 26.1 Å². The van der Waals surface area contributed by atoms with E-state index in [4.69, 9.17) is 14.6 Å². The summed E-state index contributed by atoms with van der Waals surface area (Å²) >= 11 is 0. The third-order valence-corrected chi connectivity index (χ3v) is 3.14. The summed E-state index contributed by atoms with van der Waals surface area (Å²) in [6.45, 7) is 2.98. The van der Waals surface area contributed by atoms with Gasteiger partial charge in [0.2, 0.25) is 0 Å². The molecule has 0 unspecified atom stereocenters. The minimum atomic E-state index is -1.21. The molecule has 0 radical (unpaired) electrons. The average molecular weight is 290 g/mol. The molecule has 5 nitrogen and oxygen atoms in total. The quantitative estimate of drug-likeness (QED) is 0.675. The highest BCUT2D eigenvalue weighted by Crippen LogP contribution is 2.26. The zero-order valence-corrected chi connectivity index (χ0v) is 12.0. The third-order valence-electron chi connectivity index (χ3n) is 3.14. The Labute approximate surface area is 123 Å². The highest BCUT2D eigenvalue weighted by atomic mass is 16.7. The van der Waals surface area contributed by atoms with E-state index in [0.29, 0.717) is 0 Å². The molecule has 1 aromatic carbocycles. The van der Waals surface area contributed by atoms with Gasteiger partial charge in [-0.1, -0.05) is 36.4 Å². The number of rotatable bonds is 4. The number of cyclic esters (lactones) is 2. The van der Waals surface area contributed by atoms with Crippen molar-refractivity contribution in [1.82, 2.24) is 0 Å². The highest BCUT2D eigenvalue weighted by molar-refractivity contribution is 5.97. The first-order valence-electron chi connectivity index (χ1n) is 6.74. The zero-order valence-electron chi connectivity index (χ0n) is 12.0. The summed E-state index contributed by atoms with van der Waals surface area (Å²) < 4.78 is 10.2. The van der Waals surface area contributed by atoms with E-state index >= 15 is 0 Å². The van der Waals surface area contributed by atoms with Crippen molar-refractivity contribution < 1.29 is 24.2 Å². The molecule has 0 aliphatic carbocycles. The number of hydrogen-bond donors (Lipinski definition) is 1. The molecule has 0 spiro atoms. The summed E-state index contributed by atoms with van der Waals surface area (Å²) in [6, 6.07) is 7.36. The molecule has 1 aromatic rings. The normalized spacial score (nSPS) is 18.6. The fourth-order valence-corrected chi connectivity index (χ4v) is 2.19. The summed E-state index contributed by atoms with van der Waals surface area (Å²) in [5, 5.41) is 8.85. The largest absolute Gasteiger partial charge is 0.422 e. The number of hydrogen-bond acceptors (Lipinski definition) is 5. The SMILES string of the molecule is CC1(C)OC(=O)C(Cc2ccccc2/C=C/CO)C(=O)O1. The standard InChI is InChI=1S/C16H18O5/c1-16(2)20-14(18)13(15(19)21-16)10-12-7-4-3-6-11(12)8-5-9-17/h3-8,13,17H,9-10H2,1-2H3/b8-5+. The molecular formula is C16H18O5. The van der Waals surface area contributed by atoms with E-state index in [9.17, 15) is 9.59 Å². The molecule has 5 heteroatoms. The van der Waals surface area contributed by atoms with Crippen molar-refractivity contribution in [3.05, 3.63) is 41.5 Å². The molecule has 0 saturated carbocycles. The molecule has 112 valence electrons. The van der Waals surface area contributed by atoms with Crippen LogP contribution in [0.25, 0.3) is 6.08 Å². The van der Waals surface area contributed by atoms with Crippen LogP contribution in [0.4, 0.5) is 0 Å². The Morgan fingerprint density at radius 3 is 2.43 bits per heavy atom. The molecule has 2 rings (SSSR count). The topological polar surface area (TPSA) is 72.8 Å². The van der Waals surface area contributed by atoms with Crippen LogP contribution in [0.1, 0.15) is 25.0 Å². The van der Waals surface area contributed by atoms with Gasteiger partial charge in [-0.25, -0.2) is 0 Å². The lowest BCUT2D eigenvalue weighted by Gasteiger charge is -2.33. The second kappa shape index (κ2) is 6.10. The molecule has 1 N–H and O–H groups in total. The fraction of sp³-hybridized carbons (Fsp3) is 0.375. The molecule has 0 bridgehead atoms. The molecule has 1 saturated heterocycles. The molecule has 0 aromatic heterocycles. The van der Waals surface area contributed by atoms with Gasteiger partial charge in [-0.3, -0.25) is 9.59 Å². The van der Waals surface area contributed by atoms with Gasteiger partial charge in [-0.15, -0.1) is 0 Å². The number of ether oxygens (including phenoxy) is 2. The van der Waals surface area contributed by atoms with Crippen molar-refractivity contribution in [3.8, 4) is 0 Å². The average Bonchev–Trinajstić information content (AvgIpc) is 2.40. The van der Waals surface area contributed by atoms with Gasteiger partial charge in [0.05, 0.1) is 6.61 Å². The van der Waals surface area contributed by atoms with Crippen LogP contribution in [0.15, 0.2) is 30.3 Å². The second-order valence-electron chi connectivity index (χ2n) is 5.28. The lowest BCUT2D eigenvalue weighted by Crippen LogP contribution is -2.47. The number of benzene rings is 1. The van der Waals surface area contributed by atoms with Gasteiger partial charge in [-0.2, -0.15) is 0 Å². The lowest BCUT2D eigenvalue weighted by molar-refractivity contribution is -0.239. The Kier molecular flexibility index (Phi) is 4.43. The van der Waals surface area contributed by atoms with Crippen LogP contribution >= 0.6 is 0 Å². The van der Waals surface area contributed by atoms with Gasteiger partial charge >= 0.3 is 11.9 Å². The zero-order chi connectivity index (χ0) is 15.5. The van der Waals surface area contributed by atoms with Crippen LogP contribution in [0.3, 0.4) is 0 Å². The van der Waals surface area contributed by atoms with Crippen LogP contribution < -0.4 is 0 Å². The maximum absolute atomic E-state index is 12.0. The Morgan fingerprint density at radius 2 is 1.81 bits per heavy atom. The molecule has 0 atom stereocenters. The van der Waals surface area contributed by atoms with E-state index in [0.717, 1.165) is 11.1 Å². The molecule has 1 aliphatic rings. The van der Waals surface area contributed by atoms with Crippen LogP contribution in [0.5, 0.6) is 0 Å². The summed E-state index contributed by atoms with van der Waals surface area (Å²) in [7, 11) is 0. The van der Waals surface area contributed by atoms with Gasteiger partial charge < -0.3 is 14.6 Å². The van der Waals surface area contributed by atoms with Crippen molar-refractivity contribution in [2.24, 2.45) is 5.92 Å². The molecule has 1 aliphatic heterocycles. The van der Waals surface area contributed by atoms with E-state index in [1.165, 1.54) is 13.8 Å². The first kappa shape index (κ1) is 15.3. The van der Waals surface area contributed by atoms with Gasteiger partial charge in [0.15, 0.2) is 5.92 Å². The Bertz CT molecular complexity index is 554. The molecule has 1 fully saturated rings. The Balaban J connectivity index is 2.20. The number of esters is 2. The highest BCUT2D eigenvalue weighted by Gasteiger charge is 2.43. The van der Waals surface area contributed by atoms with E-state index in [1.807, 2.05) is 24.3 Å². The maximum Gasteiger partial charge on any atom is 0.323 e. The van der Waals surface area contributed by atoms with E-state index in [2.05, 4.69) is 0 Å². The Morgan fingerprint density at radius 1 is 1.19 bits per heavy atom. The van der Waals surface area contributed by atoms with Gasteiger partial charge in [0.25, 0.3) is 5.79 Å². The number of carbonyl (C=O) groups excluding carboxylic acids is 2. The van der Waals surface area contributed by atoms with Gasteiger partial charge in [0, 0.05) is 13.8 Å². The minimum Gasteiger partial charge on any atom is -0.422 e. The van der Waals surface area contributed by atoms with Crippen LogP contribution in [-0.4, -0.2) is 29.4 Å².